The van der Waals surface area contributed by atoms with E-state index in [4.69, 9.17) is 4.74 Å². The zero-order chi connectivity index (χ0) is 9.97. The summed E-state index contributed by atoms with van der Waals surface area (Å²) in [5, 5.41) is 0. The summed E-state index contributed by atoms with van der Waals surface area (Å²) in [7, 11) is 0. The van der Waals surface area contributed by atoms with Crippen LogP contribution in [0.4, 0.5) is 4.79 Å². The van der Waals surface area contributed by atoms with E-state index < -0.39 is 0 Å². The summed E-state index contributed by atoms with van der Waals surface area (Å²) >= 11 is 0. The number of carbonyl (C=O) groups is 1. The van der Waals surface area contributed by atoms with Crippen molar-refractivity contribution >= 4 is 6.09 Å². The van der Waals surface area contributed by atoms with Crippen LogP contribution in [0.2, 0.25) is 0 Å². The molecule has 2 aliphatic rings. The van der Waals surface area contributed by atoms with Crippen LogP contribution in [-0.4, -0.2) is 29.7 Å². The largest absolute Gasteiger partial charge is 0.446 e. The Morgan fingerprint density at radius 1 is 1.21 bits per heavy atom. The summed E-state index contributed by atoms with van der Waals surface area (Å²) in [6.45, 7) is 2.98. The van der Waals surface area contributed by atoms with Crippen LogP contribution < -0.4 is 0 Å². The third-order valence-electron chi connectivity index (χ3n) is 3.36. The second-order valence-electron chi connectivity index (χ2n) is 4.47. The Morgan fingerprint density at radius 3 is 2.50 bits per heavy atom. The molecule has 1 atom stereocenters. The Hall–Kier alpha value is -0.730. The van der Waals surface area contributed by atoms with Gasteiger partial charge in [-0.05, 0) is 45.4 Å². The molecule has 0 N–H and O–H groups in total. The summed E-state index contributed by atoms with van der Waals surface area (Å²) in [5.74, 6) is 0. The van der Waals surface area contributed by atoms with Crippen molar-refractivity contribution in [2.24, 2.45) is 0 Å². The van der Waals surface area contributed by atoms with Crippen molar-refractivity contribution in [3.05, 3.63) is 0 Å². The minimum absolute atomic E-state index is 0.0816. The molecule has 14 heavy (non-hydrogen) atoms. The second kappa shape index (κ2) is 4.20. The molecular weight excluding hydrogens is 178 g/mol. The third kappa shape index (κ3) is 2.02. The van der Waals surface area contributed by atoms with Gasteiger partial charge in [0.25, 0.3) is 0 Å². The molecular formula is C11H19NO2. The van der Waals surface area contributed by atoms with Crippen molar-refractivity contribution in [1.29, 1.82) is 0 Å². The predicted octanol–water partition coefficient (Wildman–Crippen LogP) is 2.55. The topological polar surface area (TPSA) is 29.5 Å². The maximum absolute atomic E-state index is 11.7. The van der Waals surface area contributed by atoms with Crippen LogP contribution in [-0.2, 0) is 4.74 Å². The summed E-state index contributed by atoms with van der Waals surface area (Å²) in [4.78, 5) is 13.6. The van der Waals surface area contributed by atoms with E-state index in [0.29, 0.717) is 6.04 Å². The molecule has 3 nitrogen and oxygen atoms in total. The minimum Gasteiger partial charge on any atom is -0.446 e. The van der Waals surface area contributed by atoms with Crippen LogP contribution in [0.1, 0.15) is 45.4 Å². The zero-order valence-corrected chi connectivity index (χ0v) is 8.87. The third-order valence-corrected chi connectivity index (χ3v) is 3.36. The lowest BCUT2D eigenvalue weighted by atomic mass is 10.2. The van der Waals surface area contributed by atoms with Gasteiger partial charge in [0.15, 0.2) is 0 Å². The first-order valence-electron chi connectivity index (χ1n) is 5.74. The van der Waals surface area contributed by atoms with Crippen LogP contribution in [0.5, 0.6) is 0 Å². The van der Waals surface area contributed by atoms with Crippen molar-refractivity contribution in [2.45, 2.75) is 57.6 Å². The van der Waals surface area contributed by atoms with E-state index >= 15 is 0 Å². The zero-order valence-electron chi connectivity index (χ0n) is 8.87. The van der Waals surface area contributed by atoms with Gasteiger partial charge in [0, 0.05) is 12.6 Å². The molecule has 1 aliphatic carbocycles. The lowest BCUT2D eigenvalue weighted by molar-refractivity contribution is 0.0639. The molecule has 2 fully saturated rings. The van der Waals surface area contributed by atoms with Crippen molar-refractivity contribution < 1.29 is 9.53 Å². The van der Waals surface area contributed by atoms with E-state index in [1.54, 1.807) is 0 Å². The number of nitrogens with zero attached hydrogens (tertiary/aromatic N) is 1. The van der Waals surface area contributed by atoms with E-state index in [-0.39, 0.29) is 12.2 Å². The quantitative estimate of drug-likeness (QED) is 0.646. The molecule has 1 amide bonds. The number of hydrogen-bond acceptors (Lipinski definition) is 2. The minimum atomic E-state index is -0.0816. The van der Waals surface area contributed by atoms with Gasteiger partial charge >= 0.3 is 6.09 Å². The molecule has 0 spiro atoms. The van der Waals surface area contributed by atoms with Crippen LogP contribution in [0.25, 0.3) is 0 Å². The molecule has 1 heterocycles. The smallest absolute Gasteiger partial charge is 0.410 e. The van der Waals surface area contributed by atoms with Crippen LogP contribution in [0.3, 0.4) is 0 Å². The van der Waals surface area contributed by atoms with E-state index in [1.807, 2.05) is 4.90 Å². The molecule has 1 aliphatic heterocycles. The van der Waals surface area contributed by atoms with E-state index in [9.17, 15) is 4.79 Å². The Bertz CT molecular complexity index is 211. The Kier molecular flexibility index (Phi) is 2.94. The SMILES string of the molecule is CC1CCCN1C(=O)OC1CCCC1. The highest BCUT2D eigenvalue weighted by molar-refractivity contribution is 5.68. The van der Waals surface area contributed by atoms with Gasteiger partial charge in [-0.2, -0.15) is 0 Å². The fourth-order valence-corrected chi connectivity index (χ4v) is 2.42. The maximum atomic E-state index is 11.7. The maximum Gasteiger partial charge on any atom is 0.410 e. The number of likely N-dealkylation sites (tertiary alicyclic amines) is 1. The van der Waals surface area contributed by atoms with Crippen LogP contribution in [0, 0.1) is 0 Å². The number of hydrogen-bond donors (Lipinski definition) is 0. The van der Waals surface area contributed by atoms with Crippen molar-refractivity contribution in [3.8, 4) is 0 Å². The normalized spacial score (nSPS) is 28.4. The average molecular weight is 197 g/mol. The number of ether oxygens (including phenoxy) is 1. The summed E-state index contributed by atoms with van der Waals surface area (Å²) in [5.41, 5.74) is 0. The molecule has 1 saturated heterocycles. The number of rotatable bonds is 1. The lowest BCUT2D eigenvalue weighted by Gasteiger charge is -2.23. The van der Waals surface area contributed by atoms with Gasteiger partial charge in [-0.15, -0.1) is 0 Å². The molecule has 0 radical (unpaired) electrons. The van der Waals surface area contributed by atoms with E-state index in [0.717, 1.165) is 32.2 Å². The van der Waals surface area contributed by atoms with Crippen molar-refractivity contribution in [1.82, 2.24) is 4.90 Å². The van der Waals surface area contributed by atoms with Gasteiger partial charge in [-0.25, -0.2) is 4.79 Å². The first kappa shape index (κ1) is 9.81. The standard InChI is InChI=1S/C11H19NO2/c1-9-5-4-8-12(9)11(13)14-10-6-2-3-7-10/h9-10H,2-8H2,1H3. The fourth-order valence-electron chi connectivity index (χ4n) is 2.42. The van der Waals surface area contributed by atoms with Crippen molar-refractivity contribution in [3.63, 3.8) is 0 Å². The number of carbonyl (C=O) groups excluding carboxylic acids is 1. The average Bonchev–Trinajstić information content (AvgIpc) is 2.75. The fraction of sp³-hybridized carbons (Fsp3) is 0.909. The highest BCUT2D eigenvalue weighted by Crippen LogP contribution is 2.24. The van der Waals surface area contributed by atoms with Crippen molar-refractivity contribution in [2.75, 3.05) is 6.54 Å². The molecule has 0 aromatic carbocycles. The van der Waals surface area contributed by atoms with Crippen LogP contribution in [0.15, 0.2) is 0 Å². The first-order valence-corrected chi connectivity index (χ1v) is 5.74. The summed E-state index contributed by atoms with van der Waals surface area (Å²) < 4.78 is 5.45. The Balaban J connectivity index is 1.82. The first-order chi connectivity index (χ1) is 6.77. The van der Waals surface area contributed by atoms with Gasteiger partial charge in [-0.3, -0.25) is 0 Å². The Morgan fingerprint density at radius 2 is 1.93 bits per heavy atom. The van der Waals surface area contributed by atoms with Gasteiger partial charge in [0.1, 0.15) is 6.10 Å². The van der Waals surface area contributed by atoms with Gasteiger partial charge in [0.2, 0.25) is 0 Å². The van der Waals surface area contributed by atoms with E-state index in [1.165, 1.54) is 12.8 Å². The molecule has 2 rings (SSSR count). The summed E-state index contributed by atoms with van der Waals surface area (Å²) in [6.07, 6.45) is 6.93. The molecule has 1 saturated carbocycles. The highest BCUT2D eigenvalue weighted by Gasteiger charge is 2.29. The molecule has 0 aromatic rings. The molecule has 0 aromatic heterocycles. The summed E-state index contributed by atoms with van der Waals surface area (Å²) in [6, 6.07) is 0.379. The predicted molar refractivity (Wildman–Crippen MR) is 54.1 cm³/mol. The van der Waals surface area contributed by atoms with Gasteiger partial charge < -0.3 is 9.64 Å². The highest BCUT2D eigenvalue weighted by atomic mass is 16.6. The van der Waals surface area contributed by atoms with Gasteiger partial charge in [0.05, 0.1) is 0 Å². The van der Waals surface area contributed by atoms with E-state index in [2.05, 4.69) is 6.92 Å². The number of amides is 1. The molecule has 80 valence electrons. The van der Waals surface area contributed by atoms with Gasteiger partial charge in [-0.1, -0.05) is 0 Å². The molecule has 0 bridgehead atoms. The monoisotopic (exact) mass is 197 g/mol. The Labute approximate surface area is 85.4 Å². The molecule has 3 heteroatoms. The van der Waals surface area contributed by atoms with Crippen LogP contribution >= 0.6 is 0 Å². The molecule has 1 unspecified atom stereocenters. The lowest BCUT2D eigenvalue weighted by Crippen LogP contribution is -2.35. The second-order valence-corrected chi connectivity index (χ2v) is 4.47.